The second-order valence-corrected chi connectivity index (χ2v) is 10.5. The van der Waals surface area contributed by atoms with Crippen molar-refractivity contribution < 1.29 is 24.4 Å². The molecule has 0 unspecified atom stereocenters. The summed E-state index contributed by atoms with van der Waals surface area (Å²) in [6.07, 6.45) is 0.630. The van der Waals surface area contributed by atoms with Gasteiger partial charge >= 0.3 is 5.91 Å². The quantitative estimate of drug-likeness (QED) is 0.112. The van der Waals surface area contributed by atoms with E-state index in [0.29, 0.717) is 38.5 Å². The number of nitro benzene ring substituents is 1. The number of benzene rings is 3. The van der Waals surface area contributed by atoms with Crippen molar-refractivity contribution in [2.75, 3.05) is 4.90 Å². The molecule has 11 heteroatoms. The second-order valence-electron chi connectivity index (χ2n) is 9.08. The largest absolute Gasteiger partial charge is 0.507 e. The number of ether oxygens (including phenoxy) is 1. The van der Waals surface area contributed by atoms with Crippen LogP contribution in [0, 0.1) is 10.1 Å². The van der Waals surface area contributed by atoms with Crippen LogP contribution in [0.3, 0.4) is 0 Å². The molecule has 3 heterocycles. The Morgan fingerprint density at radius 2 is 1.92 bits per heavy atom. The number of aromatic nitrogens is 1. The van der Waals surface area contributed by atoms with E-state index >= 15 is 0 Å². The van der Waals surface area contributed by atoms with Crippen LogP contribution < -0.4 is 9.64 Å². The molecule has 0 radical (unpaired) electrons. The highest BCUT2D eigenvalue weighted by molar-refractivity contribution is 7.22. The fraction of sp³-hybridized carbons (Fsp3) is 0.148. The summed E-state index contributed by atoms with van der Waals surface area (Å²) in [7, 11) is 0. The lowest BCUT2D eigenvalue weighted by Crippen LogP contribution is -2.29. The van der Waals surface area contributed by atoms with Gasteiger partial charge in [-0.3, -0.25) is 24.6 Å². The maximum atomic E-state index is 13.4. The van der Waals surface area contributed by atoms with Gasteiger partial charge in [0, 0.05) is 29.1 Å². The number of non-ortho nitro benzene ring substituents is 1. The lowest BCUT2D eigenvalue weighted by molar-refractivity contribution is -0.384. The Morgan fingerprint density at radius 3 is 2.66 bits per heavy atom. The first kappa shape index (κ1) is 24.1. The molecule has 0 spiro atoms. The van der Waals surface area contributed by atoms with Crippen molar-refractivity contribution in [1.82, 2.24) is 4.98 Å². The standard InChI is InChI=1S/C27H18ClN3O6S/c1-13-10-16-11-15(4-9-20(16)37-13)24(32)22-23(14-2-6-18(7-3-14)31(35)36)30(26(34)25(22)33)27-29-19-8-5-17(28)12-21(19)38-27/h2-9,11-13,23,32H,10H2,1H3/t13-,23+/m0/s1. The molecule has 9 nitrogen and oxygen atoms in total. The molecule has 190 valence electrons. The molecule has 3 aromatic carbocycles. The second kappa shape index (κ2) is 8.93. The van der Waals surface area contributed by atoms with Crippen LogP contribution in [-0.2, 0) is 16.0 Å². The van der Waals surface area contributed by atoms with Gasteiger partial charge in [0.1, 0.15) is 17.6 Å². The molecule has 0 bridgehead atoms. The lowest BCUT2D eigenvalue weighted by Gasteiger charge is -2.23. The minimum absolute atomic E-state index is 0.0133. The number of carbonyl (C=O) groups excluding carboxylic acids is 2. The van der Waals surface area contributed by atoms with Crippen LogP contribution in [0.1, 0.15) is 29.7 Å². The van der Waals surface area contributed by atoms with Crippen LogP contribution in [-0.4, -0.2) is 32.8 Å². The fourth-order valence-electron chi connectivity index (χ4n) is 4.84. The maximum absolute atomic E-state index is 13.4. The molecule has 6 rings (SSSR count). The first-order valence-corrected chi connectivity index (χ1v) is 12.8. The number of amides is 1. The Hall–Kier alpha value is -4.28. The van der Waals surface area contributed by atoms with Crippen molar-refractivity contribution in [2.45, 2.75) is 25.5 Å². The van der Waals surface area contributed by atoms with Gasteiger partial charge in [0.15, 0.2) is 5.13 Å². The summed E-state index contributed by atoms with van der Waals surface area (Å²) in [5.74, 6) is -1.39. The number of rotatable bonds is 4. The van der Waals surface area contributed by atoms with E-state index in [1.807, 2.05) is 6.92 Å². The summed E-state index contributed by atoms with van der Waals surface area (Å²) in [5, 5.41) is 23.4. The normalized spacial score (nSPS) is 20.1. The third-order valence-electron chi connectivity index (χ3n) is 6.58. The first-order chi connectivity index (χ1) is 18.2. The molecular formula is C27H18ClN3O6S. The van der Waals surface area contributed by atoms with Crippen LogP contribution >= 0.6 is 22.9 Å². The number of fused-ring (bicyclic) bond motifs is 2. The number of anilines is 1. The van der Waals surface area contributed by atoms with Gasteiger partial charge in [0.25, 0.3) is 11.5 Å². The zero-order valence-corrected chi connectivity index (χ0v) is 21.3. The maximum Gasteiger partial charge on any atom is 0.301 e. The van der Waals surface area contributed by atoms with E-state index in [1.165, 1.54) is 40.5 Å². The molecular weight excluding hydrogens is 530 g/mol. The van der Waals surface area contributed by atoms with Crippen LogP contribution in [0.4, 0.5) is 10.8 Å². The predicted molar refractivity (Wildman–Crippen MR) is 143 cm³/mol. The number of thiazole rings is 1. The Balaban J connectivity index is 1.53. The molecule has 1 fully saturated rings. The van der Waals surface area contributed by atoms with E-state index in [-0.39, 0.29) is 28.3 Å². The molecule has 2 aliphatic rings. The number of aliphatic hydroxyl groups is 1. The van der Waals surface area contributed by atoms with Crippen LogP contribution in [0.15, 0.2) is 66.2 Å². The third kappa shape index (κ3) is 3.89. The van der Waals surface area contributed by atoms with E-state index in [0.717, 1.165) is 5.56 Å². The van der Waals surface area contributed by atoms with Crippen molar-refractivity contribution in [3.05, 3.63) is 98.1 Å². The molecule has 4 aromatic rings. The van der Waals surface area contributed by atoms with Gasteiger partial charge in [-0.25, -0.2) is 4.98 Å². The molecule has 0 aliphatic carbocycles. The Bertz CT molecular complexity index is 1700. The molecule has 1 saturated heterocycles. The minimum Gasteiger partial charge on any atom is -0.507 e. The zero-order chi connectivity index (χ0) is 26.7. The summed E-state index contributed by atoms with van der Waals surface area (Å²) in [6, 6.07) is 14.7. The Labute approximate surface area is 224 Å². The SMILES string of the molecule is C[C@H]1Cc2cc(C(O)=C3C(=O)C(=O)N(c4nc5ccc(Cl)cc5s4)[C@@H]3c3ccc([N+](=O)[O-])cc3)ccc2O1. The van der Waals surface area contributed by atoms with E-state index in [9.17, 15) is 24.8 Å². The lowest BCUT2D eigenvalue weighted by atomic mass is 9.94. The van der Waals surface area contributed by atoms with Crippen LogP contribution in [0.2, 0.25) is 5.02 Å². The van der Waals surface area contributed by atoms with Gasteiger partial charge in [-0.05, 0) is 66.6 Å². The smallest absolute Gasteiger partial charge is 0.301 e. The van der Waals surface area contributed by atoms with Crippen LogP contribution in [0.25, 0.3) is 16.0 Å². The van der Waals surface area contributed by atoms with Crippen molar-refractivity contribution in [3.8, 4) is 5.75 Å². The number of hydrogen-bond donors (Lipinski definition) is 1. The van der Waals surface area contributed by atoms with Gasteiger partial charge in [0.2, 0.25) is 0 Å². The number of nitrogens with zero attached hydrogens (tertiary/aromatic N) is 3. The summed E-state index contributed by atoms with van der Waals surface area (Å²) in [6.45, 7) is 1.94. The van der Waals surface area contributed by atoms with E-state index in [2.05, 4.69) is 4.98 Å². The average molecular weight is 548 g/mol. The monoisotopic (exact) mass is 547 g/mol. The van der Waals surface area contributed by atoms with Crippen molar-refractivity contribution in [3.63, 3.8) is 0 Å². The van der Waals surface area contributed by atoms with Crippen molar-refractivity contribution >= 4 is 61.4 Å². The van der Waals surface area contributed by atoms with Crippen molar-refractivity contribution in [1.29, 1.82) is 0 Å². The van der Waals surface area contributed by atoms with Gasteiger partial charge in [0.05, 0.1) is 26.8 Å². The number of ketones is 1. The molecule has 38 heavy (non-hydrogen) atoms. The number of Topliss-reactive ketones (excluding diaryl/α,β-unsaturated/α-hetero) is 1. The van der Waals surface area contributed by atoms with Crippen LogP contribution in [0.5, 0.6) is 5.75 Å². The zero-order valence-electron chi connectivity index (χ0n) is 19.8. The number of hydrogen-bond acceptors (Lipinski definition) is 8. The summed E-state index contributed by atoms with van der Waals surface area (Å²) < 4.78 is 6.45. The van der Waals surface area contributed by atoms with Gasteiger partial charge in [-0.15, -0.1) is 0 Å². The molecule has 1 amide bonds. The number of carbonyl (C=O) groups is 2. The Kier molecular flexibility index (Phi) is 5.66. The highest BCUT2D eigenvalue weighted by Gasteiger charge is 2.48. The molecule has 1 N–H and O–H groups in total. The fourth-order valence-corrected chi connectivity index (χ4v) is 6.11. The molecule has 0 saturated carbocycles. The van der Waals surface area contributed by atoms with Gasteiger partial charge in [-0.1, -0.05) is 22.9 Å². The number of aliphatic hydroxyl groups excluding tert-OH is 1. The van der Waals surface area contributed by atoms with E-state index < -0.39 is 22.7 Å². The number of nitro groups is 1. The molecule has 2 aliphatic heterocycles. The third-order valence-corrected chi connectivity index (χ3v) is 7.83. The van der Waals surface area contributed by atoms with E-state index in [1.54, 1.807) is 36.4 Å². The highest BCUT2D eigenvalue weighted by atomic mass is 35.5. The average Bonchev–Trinajstić information content (AvgIpc) is 3.55. The highest BCUT2D eigenvalue weighted by Crippen LogP contribution is 2.45. The van der Waals surface area contributed by atoms with Gasteiger partial charge < -0.3 is 9.84 Å². The van der Waals surface area contributed by atoms with Crippen molar-refractivity contribution in [2.24, 2.45) is 0 Å². The molecule has 2 atom stereocenters. The molecule has 1 aromatic heterocycles. The topological polar surface area (TPSA) is 123 Å². The summed E-state index contributed by atoms with van der Waals surface area (Å²) >= 11 is 7.30. The minimum atomic E-state index is -1.06. The predicted octanol–water partition coefficient (Wildman–Crippen LogP) is 5.81. The number of halogens is 1. The summed E-state index contributed by atoms with van der Waals surface area (Å²) in [4.78, 5) is 43.3. The van der Waals surface area contributed by atoms with Gasteiger partial charge in [-0.2, -0.15) is 0 Å². The first-order valence-electron chi connectivity index (χ1n) is 11.6. The summed E-state index contributed by atoms with van der Waals surface area (Å²) in [5.41, 5.74) is 1.97. The Morgan fingerprint density at radius 1 is 1.16 bits per heavy atom. The van der Waals surface area contributed by atoms with E-state index in [4.69, 9.17) is 16.3 Å².